The number of aromatic amines is 1. The van der Waals surface area contributed by atoms with Crippen LogP contribution in [0.25, 0.3) is 11.0 Å². The van der Waals surface area contributed by atoms with Crippen LogP contribution in [0.3, 0.4) is 0 Å². The van der Waals surface area contributed by atoms with Gasteiger partial charge in [0.05, 0.1) is 12.0 Å². The molecule has 2 aliphatic rings. The molecule has 26 heavy (non-hydrogen) atoms. The number of rotatable bonds is 3. The van der Waals surface area contributed by atoms with Gasteiger partial charge in [0, 0.05) is 43.3 Å². The largest absolute Gasteiger partial charge is 0.388 e. The second-order valence-electron chi connectivity index (χ2n) is 8.06. The molecular weight excluding hydrogens is 328 g/mol. The van der Waals surface area contributed by atoms with Gasteiger partial charge in [-0.25, -0.2) is 4.98 Å². The standard InChI is InChI=1S/C20H28N4O2/c1-23-9-4-7-20(26,14-23)11-18(25)24-10-3-5-15(13-24)17-12-22-19-16(17)6-2-8-21-19/h2,6,8,12,15,26H,3-5,7,9-11,13-14H2,1H3,(H,21,22). The van der Waals surface area contributed by atoms with Crippen molar-refractivity contribution >= 4 is 16.9 Å². The van der Waals surface area contributed by atoms with Crippen LogP contribution in [0.4, 0.5) is 0 Å². The normalized spacial score (nSPS) is 27.8. The molecular formula is C20H28N4O2. The van der Waals surface area contributed by atoms with Crippen molar-refractivity contribution in [2.75, 3.05) is 33.2 Å². The van der Waals surface area contributed by atoms with Crippen molar-refractivity contribution in [3.05, 3.63) is 30.1 Å². The van der Waals surface area contributed by atoms with E-state index in [1.165, 1.54) is 5.56 Å². The van der Waals surface area contributed by atoms with Crippen molar-refractivity contribution in [3.63, 3.8) is 0 Å². The van der Waals surface area contributed by atoms with E-state index >= 15 is 0 Å². The van der Waals surface area contributed by atoms with Gasteiger partial charge in [-0.3, -0.25) is 4.79 Å². The number of carbonyl (C=O) groups excluding carboxylic acids is 1. The Hall–Kier alpha value is -1.92. The van der Waals surface area contributed by atoms with Gasteiger partial charge in [-0.15, -0.1) is 0 Å². The summed E-state index contributed by atoms with van der Waals surface area (Å²) in [6.07, 6.45) is 7.82. The fourth-order valence-electron chi connectivity index (χ4n) is 4.65. The number of H-pyrrole nitrogens is 1. The summed E-state index contributed by atoms with van der Waals surface area (Å²) in [5.41, 5.74) is 1.29. The average molecular weight is 356 g/mol. The van der Waals surface area contributed by atoms with Gasteiger partial charge in [0.2, 0.25) is 5.91 Å². The van der Waals surface area contributed by atoms with E-state index in [1.54, 1.807) is 6.20 Å². The number of β-amino-alcohol motifs (C(OH)–C–C–N with tert-alkyl or cyclic N) is 1. The number of pyridine rings is 1. The first-order valence-electron chi connectivity index (χ1n) is 9.65. The summed E-state index contributed by atoms with van der Waals surface area (Å²) in [5.74, 6) is 0.416. The number of likely N-dealkylation sites (tertiary alicyclic amines) is 2. The van der Waals surface area contributed by atoms with Crippen LogP contribution in [-0.4, -0.2) is 69.6 Å². The lowest BCUT2D eigenvalue weighted by molar-refractivity contribution is -0.139. The van der Waals surface area contributed by atoms with Crippen LogP contribution in [0.15, 0.2) is 24.5 Å². The van der Waals surface area contributed by atoms with Gasteiger partial charge >= 0.3 is 0 Å². The first kappa shape index (κ1) is 17.5. The van der Waals surface area contributed by atoms with Gasteiger partial charge in [-0.2, -0.15) is 0 Å². The highest BCUT2D eigenvalue weighted by atomic mass is 16.3. The van der Waals surface area contributed by atoms with Gasteiger partial charge in [-0.1, -0.05) is 0 Å². The molecule has 0 aromatic carbocycles. The molecule has 2 fully saturated rings. The van der Waals surface area contributed by atoms with E-state index in [0.29, 0.717) is 18.9 Å². The number of nitrogens with zero attached hydrogens (tertiary/aromatic N) is 3. The molecule has 2 aromatic heterocycles. The molecule has 2 aromatic rings. The summed E-state index contributed by atoms with van der Waals surface area (Å²) in [4.78, 5) is 24.6. The van der Waals surface area contributed by atoms with Crippen LogP contribution >= 0.6 is 0 Å². The Morgan fingerprint density at radius 3 is 3.15 bits per heavy atom. The number of hydrogen-bond acceptors (Lipinski definition) is 4. The highest BCUT2D eigenvalue weighted by Crippen LogP contribution is 2.33. The topological polar surface area (TPSA) is 72.5 Å². The third kappa shape index (κ3) is 3.48. The number of nitrogens with one attached hydrogen (secondary N) is 1. The third-order valence-corrected chi connectivity index (χ3v) is 5.92. The Kier molecular flexibility index (Phi) is 4.71. The Bertz CT molecular complexity index is 789. The van der Waals surface area contributed by atoms with Crippen LogP contribution in [0, 0.1) is 0 Å². The Balaban J connectivity index is 1.45. The van der Waals surface area contributed by atoms with Gasteiger partial charge in [-0.05, 0) is 57.0 Å². The highest BCUT2D eigenvalue weighted by Gasteiger charge is 2.36. The number of aliphatic hydroxyl groups is 1. The summed E-state index contributed by atoms with van der Waals surface area (Å²) in [6, 6.07) is 4.05. The molecule has 2 N–H and O–H groups in total. The van der Waals surface area contributed by atoms with Gasteiger partial charge in [0.15, 0.2) is 0 Å². The van der Waals surface area contributed by atoms with Crippen LogP contribution in [0.2, 0.25) is 0 Å². The predicted molar refractivity (Wildman–Crippen MR) is 101 cm³/mol. The monoisotopic (exact) mass is 356 g/mol. The molecule has 4 heterocycles. The minimum Gasteiger partial charge on any atom is -0.388 e. The van der Waals surface area contributed by atoms with E-state index in [9.17, 15) is 9.90 Å². The lowest BCUT2D eigenvalue weighted by Crippen LogP contribution is -2.50. The van der Waals surface area contributed by atoms with E-state index in [-0.39, 0.29) is 12.3 Å². The SMILES string of the molecule is CN1CCCC(O)(CC(=O)N2CCCC(c3c[nH]c4ncccc34)C2)C1. The number of fused-ring (bicyclic) bond motifs is 1. The second-order valence-corrected chi connectivity index (χ2v) is 8.06. The Morgan fingerprint density at radius 2 is 2.31 bits per heavy atom. The van der Waals surface area contributed by atoms with Crippen LogP contribution < -0.4 is 0 Å². The fraction of sp³-hybridized carbons (Fsp3) is 0.600. The molecule has 0 aliphatic carbocycles. The van der Waals surface area contributed by atoms with E-state index in [1.807, 2.05) is 24.2 Å². The van der Waals surface area contributed by atoms with Crippen molar-refractivity contribution in [1.29, 1.82) is 0 Å². The smallest absolute Gasteiger partial charge is 0.225 e. The molecule has 140 valence electrons. The van der Waals surface area contributed by atoms with Crippen molar-refractivity contribution in [3.8, 4) is 0 Å². The molecule has 0 saturated carbocycles. The van der Waals surface area contributed by atoms with Crippen molar-refractivity contribution < 1.29 is 9.90 Å². The molecule has 2 unspecified atom stereocenters. The first-order valence-corrected chi connectivity index (χ1v) is 9.65. The lowest BCUT2D eigenvalue weighted by Gasteiger charge is -2.39. The van der Waals surface area contributed by atoms with E-state index in [4.69, 9.17) is 0 Å². The minimum atomic E-state index is -0.873. The molecule has 4 rings (SSSR count). The summed E-state index contributed by atoms with van der Waals surface area (Å²) in [5, 5.41) is 12.0. The van der Waals surface area contributed by atoms with Gasteiger partial charge in [0.25, 0.3) is 0 Å². The lowest BCUT2D eigenvalue weighted by atomic mass is 9.87. The number of amides is 1. The maximum absolute atomic E-state index is 12.9. The Morgan fingerprint density at radius 1 is 1.42 bits per heavy atom. The number of piperidine rings is 2. The summed E-state index contributed by atoms with van der Waals surface area (Å²) in [6.45, 7) is 3.11. The average Bonchev–Trinajstić information content (AvgIpc) is 3.05. The van der Waals surface area contributed by atoms with Crippen LogP contribution in [0.1, 0.15) is 43.6 Å². The fourth-order valence-corrected chi connectivity index (χ4v) is 4.65. The summed E-state index contributed by atoms with van der Waals surface area (Å²) >= 11 is 0. The van der Waals surface area contributed by atoms with E-state index in [0.717, 1.165) is 49.9 Å². The molecule has 2 atom stereocenters. The maximum Gasteiger partial charge on any atom is 0.225 e. The van der Waals surface area contributed by atoms with Gasteiger partial charge < -0.3 is 19.9 Å². The molecule has 0 spiro atoms. The van der Waals surface area contributed by atoms with Crippen molar-refractivity contribution in [2.45, 2.75) is 43.6 Å². The molecule has 6 nitrogen and oxygen atoms in total. The summed E-state index contributed by atoms with van der Waals surface area (Å²) < 4.78 is 0. The molecule has 0 bridgehead atoms. The molecule has 2 aliphatic heterocycles. The zero-order chi connectivity index (χ0) is 18.1. The first-order chi connectivity index (χ1) is 12.5. The number of likely N-dealkylation sites (N-methyl/N-ethyl adjacent to an activating group) is 1. The van der Waals surface area contributed by atoms with E-state index in [2.05, 4.69) is 20.9 Å². The second kappa shape index (κ2) is 7.00. The molecule has 1 amide bonds. The predicted octanol–water partition coefficient (Wildman–Crippen LogP) is 2.12. The van der Waals surface area contributed by atoms with Crippen molar-refractivity contribution in [1.82, 2.24) is 19.8 Å². The quantitative estimate of drug-likeness (QED) is 0.884. The minimum absolute atomic E-state index is 0.0884. The third-order valence-electron chi connectivity index (χ3n) is 5.92. The zero-order valence-electron chi connectivity index (χ0n) is 15.4. The summed E-state index contributed by atoms with van der Waals surface area (Å²) in [7, 11) is 2.01. The molecule has 0 radical (unpaired) electrons. The molecule has 2 saturated heterocycles. The maximum atomic E-state index is 12.9. The van der Waals surface area contributed by atoms with E-state index < -0.39 is 5.60 Å². The number of hydrogen-bond donors (Lipinski definition) is 2. The molecule has 6 heteroatoms. The Labute approximate surface area is 154 Å². The van der Waals surface area contributed by atoms with Crippen LogP contribution in [0.5, 0.6) is 0 Å². The highest BCUT2D eigenvalue weighted by molar-refractivity contribution is 5.81. The number of aromatic nitrogens is 2. The van der Waals surface area contributed by atoms with Crippen molar-refractivity contribution in [2.24, 2.45) is 0 Å². The van der Waals surface area contributed by atoms with Crippen LogP contribution in [-0.2, 0) is 4.79 Å². The zero-order valence-corrected chi connectivity index (χ0v) is 15.4. The van der Waals surface area contributed by atoms with Gasteiger partial charge in [0.1, 0.15) is 5.65 Å². The number of carbonyl (C=O) groups is 1.